The summed E-state index contributed by atoms with van der Waals surface area (Å²) in [5, 5.41) is 2.69. The van der Waals surface area contributed by atoms with E-state index in [0.717, 1.165) is 40.9 Å². The van der Waals surface area contributed by atoms with E-state index in [2.05, 4.69) is 56.0 Å². The summed E-state index contributed by atoms with van der Waals surface area (Å²) in [6.07, 6.45) is 2.88. The first kappa shape index (κ1) is 27.2. The van der Waals surface area contributed by atoms with Gasteiger partial charge in [0.2, 0.25) is 5.91 Å². The number of H-pyrrole nitrogens is 1. The van der Waals surface area contributed by atoms with Gasteiger partial charge in [-0.2, -0.15) is 0 Å². The Morgan fingerprint density at radius 1 is 1.22 bits per heavy atom. The van der Waals surface area contributed by atoms with E-state index in [1.54, 1.807) is 0 Å². The first-order valence-corrected chi connectivity index (χ1v) is 13.0. The topological polar surface area (TPSA) is 106 Å². The van der Waals surface area contributed by atoms with Crippen LogP contribution < -0.4 is 10.8 Å². The van der Waals surface area contributed by atoms with Crippen LogP contribution in [0.25, 0.3) is 11.3 Å². The van der Waals surface area contributed by atoms with E-state index in [0.29, 0.717) is 6.54 Å². The van der Waals surface area contributed by atoms with Crippen molar-refractivity contribution in [1.82, 2.24) is 20.2 Å². The average molecular weight is 510 g/mol. The quantitative estimate of drug-likeness (QED) is 0.574. The number of aryl methyl sites for hydroxylation is 1. The van der Waals surface area contributed by atoms with Gasteiger partial charge >= 0.3 is 13.2 Å². The highest BCUT2D eigenvalue weighted by Crippen LogP contribution is 2.37. The number of amides is 2. The van der Waals surface area contributed by atoms with Crippen LogP contribution in [0.2, 0.25) is 0 Å². The van der Waals surface area contributed by atoms with Crippen LogP contribution in [0.1, 0.15) is 71.8 Å². The molecule has 37 heavy (non-hydrogen) atoms. The molecule has 1 aromatic heterocycles. The van der Waals surface area contributed by atoms with E-state index in [1.165, 1.54) is 7.11 Å². The number of nitrogens with zero attached hydrogens (tertiary/aromatic N) is 2. The summed E-state index contributed by atoms with van der Waals surface area (Å²) in [6.45, 7) is 14.7. The smallest absolute Gasteiger partial charge is 0.453 e. The highest BCUT2D eigenvalue weighted by Gasteiger charge is 2.52. The predicted molar refractivity (Wildman–Crippen MR) is 142 cm³/mol. The molecule has 10 heteroatoms. The van der Waals surface area contributed by atoms with Crippen LogP contribution in [0, 0.1) is 12.8 Å². The Morgan fingerprint density at radius 2 is 1.89 bits per heavy atom. The minimum atomic E-state index is -0.660. The van der Waals surface area contributed by atoms with Crippen LogP contribution in [-0.4, -0.2) is 64.9 Å². The number of carbonyl (C=O) groups is 2. The van der Waals surface area contributed by atoms with E-state index < -0.39 is 30.5 Å². The molecule has 0 saturated carbocycles. The summed E-state index contributed by atoms with van der Waals surface area (Å²) < 4.78 is 17.2. The van der Waals surface area contributed by atoms with Gasteiger partial charge < -0.3 is 29.2 Å². The molecule has 2 aromatic rings. The Hall–Kier alpha value is -2.85. The molecule has 0 radical (unpaired) electrons. The van der Waals surface area contributed by atoms with Gasteiger partial charge in [-0.15, -0.1) is 0 Å². The van der Waals surface area contributed by atoms with E-state index in [-0.39, 0.29) is 17.9 Å². The Balaban J connectivity index is 1.52. The fourth-order valence-corrected chi connectivity index (χ4v) is 4.92. The highest BCUT2D eigenvalue weighted by molar-refractivity contribution is 6.62. The molecule has 1 aromatic carbocycles. The summed E-state index contributed by atoms with van der Waals surface area (Å²) in [5.41, 5.74) is 3.16. The number of rotatable bonds is 6. The number of aromatic amines is 1. The predicted octanol–water partition coefficient (Wildman–Crippen LogP) is 3.73. The summed E-state index contributed by atoms with van der Waals surface area (Å²) in [5.74, 6) is 0.544. The third kappa shape index (κ3) is 5.27. The normalized spacial score (nSPS) is 21.4. The van der Waals surface area contributed by atoms with Gasteiger partial charge in [-0.05, 0) is 64.4 Å². The lowest BCUT2D eigenvalue weighted by atomic mass is 9.75. The lowest BCUT2D eigenvalue weighted by molar-refractivity contribution is -0.135. The van der Waals surface area contributed by atoms with Crippen molar-refractivity contribution in [3.63, 3.8) is 0 Å². The summed E-state index contributed by atoms with van der Waals surface area (Å²) >= 11 is 0. The molecule has 2 fully saturated rings. The summed E-state index contributed by atoms with van der Waals surface area (Å²) in [6, 6.07) is 5.35. The second-order valence-electron chi connectivity index (χ2n) is 11.4. The molecule has 200 valence electrons. The minimum Gasteiger partial charge on any atom is -0.453 e. The molecular weight excluding hydrogens is 471 g/mol. The maximum atomic E-state index is 13.4. The third-order valence-corrected chi connectivity index (χ3v) is 7.93. The van der Waals surface area contributed by atoms with Gasteiger partial charge in [0.25, 0.3) is 0 Å². The zero-order valence-electron chi connectivity index (χ0n) is 23.2. The Bertz CT molecular complexity index is 1150. The zero-order chi connectivity index (χ0) is 27.1. The van der Waals surface area contributed by atoms with Gasteiger partial charge in [0.1, 0.15) is 11.9 Å². The van der Waals surface area contributed by atoms with Crippen LogP contribution in [0.15, 0.2) is 24.4 Å². The van der Waals surface area contributed by atoms with Gasteiger partial charge in [-0.1, -0.05) is 37.6 Å². The molecule has 2 N–H and O–H groups in total. The molecule has 4 rings (SSSR count). The van der Waals surface area contributed by atoms with Gasteiger partial charge in [0.05, 0.1) is 36.2 Å². The zero-order valence-corrected chi connectivity index (χ0v) is 23.2. The molecule has 2 amide bonds. The first-order valence-electron chi connectivity index (χ1n) is 13.0. The van der Waals surface area contributed by atoms with Crippen molar-refractivity contribution in [2.24, 2.45) is 5.92 Å². The van der Waals surface area contributed by atoms with Crippen LogP contribution in [0.5, 0.6) is 0 Å². The molecule has 2 aliphatic heterocycles. The number of aromatic nitrogens is 2. The van der Waals surface area contributed by atoms with Crippen LogP contribution >= 0.6 is 0 Å². The first-order chi connectivity index (χ1) is 17.3. The largest absolute Gasteiger partial charge is 0.495 e. The van der Waals surface area contributed by atoms with Crippen molar-refractivity contribution in [3.05, 3.63) is 35.8 Å². The van der Waals surface area contributed by atoms with Gasteiger partial charge in [-0.3, -0.25) is 4.79 Å². The number of nitrogens with one attached hydrogen (secondary N) is 2. The number of likely N-dealkylation sites (tertiary alicyclic amines) is 1. The van der Waals surface area contributed by atoms with E-state index in [9.17, 15) is 9.59 Å². The highest BCUT2D eigenvalue weighted by atomic mass is 16.7. The second-order valence-corrected chi connectivity index (χ2v) is 11.4. The molecule has 0 unspecified atom stereocenters. The minimum absolute atomic E-state index is 0.0783. The summed E-state index contributed by atoms with van der Waals surface area (Å²) in [4.78, 5) is 35.1. The van der Waals surface area contributed by atoms with Crippen LogP contribution in [-0.2, 0) is 18.8 Å². The lowest BCUT2D eigenvalue weighted by Gasteiger charge is -2.32. The molecule has 9 nitrogen and oxygen atoms in total. The number of carbonyl (C=O) groups excluding carboxylic acids is 2. The average Bonchev–Trinajstić information content (AvgIpc) is 3.54. The van der Waals surface area contributed by atoms with Crippen LogP contribution in [0.4, 0.5) is 4.79 Å². The van der Waals surface area contributed by atoms with E-state index in [4.69, 9.17) is 14.0 Å². The van der Waals surface area contributed by atoms with Crippen LogP contribution in [0.3, 0.4) is 0 Å². The molecule has 0 bridgehead atoms. The molecule has 0 aliphatic carbocycles. The SMILES string of the molecule is COC(=O)N[C@H](C(=O)N1CCC[C@H]1c1ncc(-c2ccc(B3OC(C)(C)C(C)(C)O3)c(C)c2)[nH]1)C(C)C. The molecular formula is C27H39BN4O5. The maximum Gasteiger partial charge on any atom is 0.495 e. The number of methoxy groups -OCH3 is 1. The molecule has 2 saturated heterocycles. The van der Waals surface area contributed by atoms with Crippen molar-refractivity contribution < 1.29 is 23.6 Å². The van der Waals surface area contributed by atoms with Crippen molar-refractivity contribution in [1.29, 1.82) is 0 Å². The molecule has 2 atom stereocenters. The number of imidazole rings is 1. The third-order valence-electron chi connectivity index (χ3n) is 7.93. The van der Waals surface area contributed by atoms with Gasteiger partial charge in [-0.25, -0.2) is 9.78 Å². The second kappa shape index (κ2) is 10.1. The number of ether oxygens (including phenoxy) is 1. The summed E-state index contributed by atoms with van der Waals surface area (Å²) in [7, 11) is 0.881. The number of hydrogen-bond donors (Lipinski definition) is 2. The molecule has 0 spiro atoms. The molecule has 3 heterocycles. The van der Waals surface area contributed by atoms with Crippen molar-refractivity contribution in [3.8, 4) is 11.3 Å². The monoisotopic (exact) mass is 510 g/mol. The standard InChI is InChI=1S/C27H39BN4O5/c1-16(2)22(31-25(34)35-8)24(33)32-13-9-10-21(32)23-29-15-20(30-23)18-11-12-19(17(3)14-18)28-36-26(4,5)27(6,7)37-28/h11-12,14-16,21-22H,9-10,13H2,1-8H3,(H,29,30)(H,31,34)/t21-,22-/m0/s1. The fourth-order valence-electron chi connectivity index (χ4n) is 4.92. The fraction of sp³-hybridized carbons (Fsp3) is 0.593. The van der Waals surface area contributed by atoms with E-state index >= 15 is 0 Å². The Kier molecular flexibility index (Phi) is 7.45. The van der Waals surface area contributed by atoms with E-state index in [1.807, 2.05) is 37.1 Å². The Morgan fingerprint density at radius 3 is 2.49 bits per heavy atom. The lowest BCUT2D eigenvalue weighted by Crippen LogP contribution is -2.51. The Labute approximate surface area is 219 Å². The van der Waals surface area contributed by atoms with Gasteiger partial charge in [0, 0.05) is 6.54 Å². The molecule has 2 aliphatic rings. The maximum absolute atomic E-state index is 13.4. The van der Waals surface area contributed by atoms with Gasteiger partial charge in [0.15, 0.2) is 0 Å². The van der Waals surface area contributed by atoms with Crippen molar-refractivity contribution >= 4 is 24.6 Å². The van der Waals surface area contributed by atoms with Crippen molar-refractivity contribution in [2.75, 3.05) is 13.7 Å². The number of alkyl carbamates (subject to hydrolysis) is 1. The number of hydrogen-bond acceptors (Lipinski definition) is 6. The number of benzene rings is 1. The van der Waals surface area contributed by atoms with Crippen molar-refractivity contribution in [2.45, 2.75) is 84.6 Å².